The molecule has 0 saturated carbocycles. The molecule has 140 valence electrons. The molecule has 8 heteroatoms. The standard InChI is InChI=1S/C18H21FN2O4S/c1-13(14-5-7-15(19)8-6-14)25-18(22)17-11-16(12-20(17)2)26(23,24)21-9-3-4-10-21/h5-8,11-13H,3-4,9-10H2,1-2H3. The summed E-state index contributed by atoms with van der Waals surface area (Å²) in [7, 11) is -2.00. The number of aryl methyl sites for hydroxylation is 1. The van der Waals surface area contributed by atoms with Crippen molar-refractivity contribution in [2.24, 2.45) is 7.05 Å². The Morgan fingerprint density at radius 3 is 2.42 bits per heavy atom. The van der Waals surface area contributed by atoms with Crippen LogP contribution in [-0.2, 0) is 21.8 Å². The molecule has 0 spiro atoms. The molecule has 2 aromatic rings. The lowest BCUT2D eigenvalue weighted by Crippen LogP contribution is -2.27. The highest BCUT2D eigenvalue weighted by Gasteiger charge is 2.30. The van der Waals surface area contributed by atoms with Crippen LogP contribution in [0.4, 0.5) is 4.39 Å². The van der Waals surface area contributed by atoms with Gasteiger partial charge in [0.2, 0.25) is 10.0 Å². The predicted octanol–water partition coefficient (Wildman–Crippen LogP) is 2.87. The third-order valence-electron chi connectivity index (χ3n) is 4.52. The summed E-state index contributed by atoms with van der Waals surface area (Å²) in [5, 5.41) is 0. The molecule has 26 heavy (non-hydrogen) atoms. The third-order valence-corrected chi connectivity index (χ3v) is 6.38. The zero-order chi connectivity index (χ0) is 18.9. The van der Waals surface area contributed by atoms with Gasteiger partial charge in [-0.15, -0.1) is 0 Å². The summed E-state index contributed by atoms with van der Waals surface area (Å²) in [6.07, 6.45) is 2.52. The van der Waals surface area contributed by atoms with Crippen LogP contribution in [0.1, 0.15) is 41.9 Å². The van der Waals surface area contributed by atoms with E-state index in [-0.39, 0.29) is 16.4 Å². The Morgan fingerprint density at radius 1 is 1.19 bits per heavy atom. The molecule has 1 atom stereocenters. The van der Waals surface area contributed by atoms with Crippen molar-refractivity contribution in [2.75, 3.05) is 13.1 Å². The van der Waals surface area contributed by atoms with Crippen molar-refractivity contribution in [3.05, 3.63) is 53.6 Å². The van der Waals surface area contributed by atoms with Crippen LogP contribution in [0.15, 0.2) is 41.4 Å². The molecular formula is C18H21FN2O4S. The molecule has 1 saturated heterocycles. The second kappa shape index (κ2) is 7.20. The van der Waals surface area contributed by atoms with Gasteiger partial charge < -0.3 is 9.30 Å². The van der Waals surface area contributed by atoms with Gasteiger partial charge in [0.05, 0.1) is 0 Å². The molecule has 0 radical (unpaired) electrons. The summed E-state index contributed by atoms with van der Waals surface area (Å²) in [6.45, 7) is 2.67. The van der Waals surface area contributed by atoms with Gasteiger partial charge in [0.15, 0.2) is 0 Å². The highest BCUT2D eigenvalue weighted by Crippen LogP contribution is 2.24. The fourth-order valence-electron chi connectivity index (χ4n) is 2.98. The summed E-state index contributed by atoms with van der Waals surface area (Å²) in [5.74, 6) is -1.00. The lowest BCUT2D eigenvalue weighted by molar-refractivity contribution is 0.0326. The first-order valence-corrected chi connectivity index (χ1v) is 9.86. The number of carbonyl (C=O) groups is 1. The molecule has 3 rings (SSSR count). The van der Waals surface area contributed by atoms with E-state index in [9.17, 15) is 17.6 Å². The second-order valence-electron chi connectivity index (χ2n) is 6.38. The molecular weight excluding hydrogens is 359 g/mol. The van der Waals surface area contributed by atoms with Gasteiger partial charge >= 0.3 is 5.97 Å². The number of nitrogens with zero attached hydrogens (tertiary/aromatic N) is 2. The van der Waals surface area contributed by atoms with Gasteiger partial charge in [0.25, 0.3) is 0 Å². The van der Waals surface area contributed by atoms with E-state index in [2.05, 4.69) is 0 Å². The van der Waals surface area contributed by atoms with E-state index < -0.39 is 22.1 Å². The van der Waals surface area contributed by atoms with E-state index in [1.165, 1.54) is 33.3 Å². The van der Waals surface area contributed by atoms with Crippen LogP contribution in [0.25, 0.3) is 0 Å². The quantitative estimate of drug-likeness (QED) is 0.748. The molecule has 2 heterocycles. The molecule has 1 aromatic heterocycles. The highest BCUT2D eigenvalue weighted by molar-refractivity contribution is 7.89. The maximum atomic E-state index is 13.0. The number of hydrogen-bond acceptors (Lipinski definition) is 4. The minimum Gasteiger partial charge on any atom is -0.453 e. The average molecular weight is 380 g/mol. The summed E-state index contributed by atoms with van der Waals surface area (Å²) >= 11 is 0. The second-order valence-corrected chi connectivity index (χ2v) is 8.32. The molecule has 1 aliphatic heterocycles. The third kappa shape index (κ3) is 3.66. The van der Waals surface area contributed by atoms with Gasteiger partial charge in [-0.1, -0.05) is 12.1 Å². The van der Waals surface area contributed by atoms with Gasteiger partial charge in [0, 0.05) is 26.3 Å². The van der Waals surface area contributed by atoms with Crippen LogP contribution in [0.5, 0.6) is 0 Å². The van der Waals surface area contributed by atoms with Crippen LogP contribution in [0.2, 0.25) is 0 Å². The van der Waals surface area contributed by atoms with E-state index in [4.69, 9.17) is 4.74 Å². The molecule has 0 aliphatic carbocycles. The van der Waals surface area contributed by atoms with Gasteiger partial charge in [0.1, 0.15) is 22.5 Å². The first-order valence-electron chi connectivity index (χ1n) is 8.42. The van der Waals surface area contributed by atoms with E-state index >= 15 is 0 Å². The zero-order valence-corrected chi connectivity index (χ0v) is 15.5. The van der Waals surface area contributed by atoms with Crippen LogP contribution < -0.4 is 0 Å². The Hall–Kier alpha value is -2.19. The SMILES string of the molecule is CC(OC(=O)c1cc(S(=O)(=O)N2CCCC2)cn1C)c1ccc(F)cc1. The summed E-state index contributed by atoms with van der Waals surface area (Å²) < 4.78 is 46.5. The smallest absolute Gasteiger partial charge is 0.355 e. The average Bonchev–Trinajstić information content (AvgIpc) is 3.25. The fraction of sp³-hybridized carbons (Fsp3) is 0.389. The summed E-state index contributed by atoms with van der Waals surface area (Å²) in [4.78, 5) is 12.5. The Morgan fingerprint density at radius 2 is 1.81 bits per heavy atom. The van der Waals surface area contributed by atoms with Crippen LogP contribution >= 0.6 is 0 Å². The van der Waals surface area contributed by atoms with E-state index in [0.717, 1.165) is 12.8 Å². The van der Waals surface area contributed by atoms with Crippen LogP contribution in [0.3, 0.4) is 0 Å². The van der Waals surface area contributed by atoms with Crippen LogP contribution in [-0.4, -0.2) is 36.3 Å². The maximum absolute atomic E-state index is 13.0. The molecule has 0 bridgehead atoms. The van der Waals surface area contributed by atoms with Crippen molar-refractivity contribution in [3.63, 3.8) is 0 Å². The van der Waals surface area contributed by atoms with Crippen molar-refractivity contribution in [1.82, 2.24) is 8.87 Å². The molecule has 0 N–H and O–H groups in total. The molecule has 0 amide bonds. The Kier molecular flexibility index (Phi) is 5.15. The van der Waals surface area contributed by atoms with Gasteiger partial charge in [-0.2, -0.15) is 4.31 Å². The Labute approximate surface area is 152 Å². The zero-order valence-electron chi connectivity index (χ0n) is 14.7. The van der Waals surface area contributed by atoms with Crippen LogP contribution in [0, 0.1) is 5.82 Å². The number of carbonyl (C=O) groups excluding carboxylic acids is 1. The number of hydrogen-bond donors (Lipinski definition) is 0. The largest absolute Gasteiger partial charge is 0.453 e. The molecule has 1 aromatic carbocycles. The monoisotopic (exact) mass is 380 g/mol. The summed E-state index contributed by atoms with van der Waals surface area (Å²) in [6, 6.07) is 7.02. The van der Waals surface area contributed by atoms with Gasteiger partial charge in [-0.05, 0) is 43.5 Å². The number of aromatic nitrogens is 1. The number of sulfonamides is 1. The van der Waals surface area contributed by atoms with Crippen molar-refractivity contribution in [2.45, 2.75) is 30.8 Å². The predicted molar refractivity (Wildman–Crippen MR) is 93.6 cm³/mol. The normalized spacial score (nSPS) is 16.6. The Balaban J connectivity index is 1.78. The molecule has 1 unspecified atom stereocenters. The number of benzene rings is 1. The number of esters is 1. The first kappa shape index (κ1) is 18.6. The fourth-order valence-corrected chi connectivity index (χ4v) is 4.57. The number of halogens is 1. The van der Waals surface area contributed by atoms with Gasteiger partial charge in [-0.3, -0.25) is 0 Å². The first-order chi connectivity index (χ1) is 12.3. The highest BCUT2D eigenvalue weighted by atomic mass is 32.2. The maximum Gasteiger partial charge on any atom is 0.355 e. The topological polar surface area (TPSA) is 68.6 Å². The van der Waals surface area contributed by atoms with E-state index in [1.807, 2.05) is 0 Å². The number of rotatable bonds is 5. The lowest BCUT2D eigenvalue weighted by atomic mass is 10.1. The summed E-state index contributed by atoms with van der Waals surface area (Å²) in [5.41, 5.74) is 0.801. The Bertz CT molecular complexity index is 900. The van der Waals surface area contributed by atoms with E-state index in [1.54, 1.807) is 26.1 Å². The van der Waals surface area contributed by atoms with Crippen molar-refractivity contribution < 1.29 is 22.3 Å². The molecule has 6 nitrogen and oxygen atoms in total. The molecule has 1 fully saturated rings. The minimum atomic E-state index is -3.60. The van der Waals surface area contributed by atoms with Crippen molar-refractivity contribution in [3.8, 4) is 0 Å². The van der Waals surface area contributed by atoms with Crippen molar-refractivity contribution >= 4 is 16.0 Å². The van der Waals surface area contributed by atoms with Crippen molar-refractivity contribution in [1.29, 1.82) is 0 Å². The van der Waals surface area contributed by atoms with E-state index in [0.29, 0.717) is 18.7 Å². The lowest BCUT2D eigenvalue weighted by Gasteiger charge is -2.14. The van der Waals surface area contributed by atoms with Gasteiger partial charge in [-0.25, -0.2) is 17.6 Å². The minimum absolute atomic E-state index is 0.0864. The number of ether oxygens (including phenoxy) is 1. The molecule has 1 aliphatic rings.